The van der Waals surface area contributed by atoms with Crippen molar-refractivity contribution in [3.63, 3.8) is 0 Å². The Morgan fingerprint density at radius 2 is 0.862 bits per heavy atom. The highest BCUT2D eigenvalue weighted by Gasteiger charge is 2.48. The van der Waals surface area contributed by atoms with Gasteiger partial charge >= 0.3 is 0 Å². The largest absolute Gasteiger partial charge is 0.393 e. The van der Waals surface area contributed by atoms with Gasteiger partial charge in [0.2, 0.25) is 0 Å². The van der Waals surface area contributed by atoms with Crippen LogP contribution in [-0.2, 0) is 0 Å². The van der Waals surface area contributed by atoms with Crippen LogP contribution in [0.2, 0.25) is 0 Å². The zero-order chi connectivity index (χ0) is 20.4. The zero-order valence-corrected chi connectivity index (χ0v) is 19.3. The summed E-state index contributed by atoms with van der Waals surface area (Å²) < 4.78 is 0. The van der Waals surface area contributed by atoms with E-state index < -0.39 is 0 Å². The van der Waals surface area contributed by atoms with Gasteiger partial charge in [-0.25, -0.2) is 0 Å². The highest BCUT2D eigenvalue weighted by Crippen LogP contribution is 2.52. The Morgan fingerprint density at radius 1 is 0.483 bits per heavy atom. The summed E-state index contributed by atoms with van der Waals surface area (Å²) >= 11 is 0. The van der Waals surface area contributed by atoms with Crippen molar-refractivity contribution in [1.29, 1.82) is 0 Å². The Morgan fingerprint density at radius 3 is 1.21 bits per heavy atom. The fourth-order valence-corrected chi connectivity index (χ4v) is 8.43. The fourth-order valence-electron chi connectivity index (χ4n) is 8.43. The summed E-state index contributed by atoms with van der Waals surface area (Å²) in [5.41, 5.74) is 0.0495. The van der Waals surface area contributed by atoms with Gasteiger partial charge in [-0.15, -0.1) is 0 Å². The summed E-state index contributed by atoms with van der Waals surface area (Å²) in [6.45, 7) is 4.74. The minimum atomic E-state index is -0.158. The van der Waals surface area contributed by atoms with Crippen molar-refractivity contribution >= 4 is 0 Å². The summed E-state index contributed by atoms with van der Waals surface area (Å²) in [5, 5.41) is 22.4. The van der Waals surface area contributed by atoms with E-state index in [2.05, 4.69) is 13.8 Å². The maximum Gasteiger partial charge on any atom is 0.0576 e. The number of aliphatic hydroxyl groups excluding tert-OH is 2. The van der Waals surface area contributed by atoms with E-state index in [4.69, 9.17) is 0 Å². The van der Waals surface area contributed by atoms with E-state index in [1.165, 1.54) is 89.9 Å². The van der Waals surface area contributed by atoms with Crippen LogP contribution in [0.25, 0.3) is 0 Å². The van der Waals surface area contributed by atoms with Crippen molar-refractivity contribution in [2.75, 3.05) is 0 Å². The molecule has 0 radical (unpaired) electrons. The van der Waals surface area contributed by atoms with Gasteiger partial charge in [0.25, 0.3) is 0 Å². The molecule has 4 aliphatic rings. The molecule has 0 saturated heterocycles. The minimum absolute atomic E-state index is 0.0495. The van der Waals surface area contributed by atoms with Crippen LogP contribution in [0.5, 0.6) is 0 Å². The van der Waals surface area contributed by atoms with E-state index >= 15 is 0 Å². The van der Waals surface area contributed by atoms with Crippen LogP contribution in [0.3, 0.4) is 0 Å². The van der Waals surface area contributed by atoms with Gasteiger partial charge in [0.15, 0.2) is 0 Å². The average molecular weight is 405 g/mol. The summed E-state index contributed by atoms with van der Waals surface area (Å²) in [6, 6.07) is 0. The predicted octanol–water partition coefficient (Wildman–Crippen LogP) is 6.73. The molecular formula is C27H48O2. The number of rotatable bonds is 4. The second-order valence-corrected chi connectivity index (χ2v) is 12.1. The molecule has 6 unspecified atom stereocenters. The van der Waals surface area contributed by atoms with Crippen LogP contribution < -0.4 is 0 Å². The zero-order valence-electron chi connectivity index (χ0n) is 19.3. The van der Waals surface area contributed by atoms with Gasteiger partial charge in [0.1, 0.15) is 0 Å². The first-order chi connectivity index (χ1) is 14.0. The summed E-state index contributed by atoms with van der Waals surface area (Å²) in [7, 11) is 0. The lowest BCUT2D eigenvalue weighted by atomic mass is 9.55. The lowest BCUT2D eigenvalue weighted by Gasteiger charge is -2.51. The normalized spacial score (nSPS) is 41.4. The Hall–Kier alpha value is -0.0800. The molecule has 4 rings (SSSR count). The molecule has 0 amide bonds. The van der Waals surface area contributed by atoms with Crippen LogP contribution >= 0.6 is 0 Å². The van der Waals surface area contributed by atoms with Crippen LogP contribution in [0, 0.1) is 40.9 Å². The first kappa shape index (κ1) is 22.1. The van der Waals surface area contributed by atoms with Gasteiger partial charge in [0.05, 0.1) is 12.2 Å². The standard InChI is InChI=1S/C27H48O2/c1-27(2,23-15-13-21(17-25(23)28)19-9-5-3-6-10-19)24-16-14-22(18-26(24)29)20-11-7-4-8-12-20/h19-26,28-29H,3-18H2,1-2H3. The second-order valence-electron chi connectivity index (χ2n) is 12.1. The van der Waals surface area contributed by atoms with E-state index in [9.17, 15) is 10.2 Å². The molecule has 0 aliphatic heterocycles. The Kier molecular flexibility index (Phi) is 7.32. The van der Waals surface area contributed by atoms with E-state index in [1.54, 1.807) is 0 Å². The van der Waals surface area contributed by atoms with Gasteiger partial charge in [-0.1, -0.05) is 78.1 Å². The summed E-state index contributed by atoms with van der Waals surface area (Å²) in [4.78, 5) is 0. The van der Waals surface area contributed by atoms with Gasteiger partial charge in [-0.2, -0.15) is 0 Å². The Bertz CT molecular complexity index is 459. The summed E-state index contributed by atoms with van der Waals surface area (Å²) in [6.07, 6.45) is 20.7. The molecule has 2 N–H and O–H groups in total. The van der Waals surface area contributed by atoms with E-state index in [1.807, 2.05) is 0 Å². The molecule has 0 aromatic carbocycles. The van der Waals surface area contributed by atoms with Crippen molar-refractivity contribution in [1.82, 2.24) is 0 Å². The lowest BCUT2D eigenvalue weighted by Crippen LogP contribution is -2.49. The highest BCUT2D eigenvalue weighted by molar-refractivity contribution is 4.98. The topological polar surface area (TPSA) is 40.5 Å². The van der Waals surface area contributed by atoms with Crippen molar-refractivity contribution in [3.05, 3.63) is 0 Å². The molecule has 4 aliphatic carbocycles. The second kappa shape index (κ2) is 9.60. The van der Waals surface area contributed by atoms with Gasteiger partial charge in [0, 0.05) is 0 Å². The van der Waals surface area contributed by atoms with E-state index in [-0.39, 0.29) is 17.6 Å². The van der Waals surface area contributed by atoms with Crippen LogP contribution in [-0.4, -0.2) is 22.4 Å². The molecule has 29 heavy (non-hydrogen) atoms. The van der Waals surface area contributed by atoms with Crippen molar-refractivity contribution in [2.45, 2.75) is 129 Å². The van der Waals surface area contributed by atoms with Crippen LogP contribution in [0.1, 0.15) is 117 Å². The molecule has 0 spiro atoms. The van der Waals surface area contributed by atoms with Crippen LogP contribution in [0.15, 0.2) is 0 Å². The monoisotopic (exact) mass is 404 g/mol. The quantitative estimate of drug-likeness (QED) is 0.545. The maximum absolute atomic E-state index is 11.2. The molecule has 0 heterocycles. The Labute approximate surface area is 180 Å². The van der Waals surface area contributed by atoms with Crippen molar-refractivity contribution in [2.24, 2.45) is 40.9 Å². The van der Waals surface area contributed by atoms with E-state index in [0.717, 1.165) is 36.5 Å². The third-order valence-corrected chi connectivity index (χ3v) is 10.3. The van der Waals surface area contributed by atoms with E-state index in [0.29, 0.717) is 11.8 Å². The van der Waals surface area contributed by atoms with Gasteiger partial charge in [-0.3, -0.25) is 0 Å². The number of hydrogen-bond acceptors (Lipinski definition) is 2. The Balaban J connectivity index is 1.34. The van der Waals surface area contributed by atoms with Gasteiger partial charge in [-0.05, 0) is 79.4 Å². The molecule has 2 heteroatoms. The predicted molar refractivity (Wildman–Crippen MR) is 121 cm³/mol. The minimum Gasteiger partial charge on any atom is -0.393 e. The maximum atomic E-state index is 11.2. The first-order valence-electron chi connectivity index (χ1n) is 13.3. The first-order valence-corrected chi connectivity index (χ1v) is 13.3. The molecular weight excluding hydrogens is 356 g/mol. The van der Waals surface area contributed by atoms with Crippen LogP contribution in [0.4, 0.5) is 0 Å². The molecule has 4 fully saturated rings. The van der Waals surface area contributed by atoms with Crippen molar-refractivity contribution in [3.8, 4) is 0 Å². The average Bonchev–Trinajstić information content (AvgIpc) is 2.74. The van der Waals surface area contributed by atoms with Crippen molar-refractivity contribution < 1.29 is 10.2 Å². The SMILES string of the molecule is CC(C)(C1CCC(C2CCCCC2)CC1O)C1CCC(C2CCCCC2)CC1O. The number of aliphatic hydroxyl groups is 2. The molecule has 0 bridgehead atoms. The summed E-state index contributed by atoms with van der Waals surface area (Å²) in [5.74, 6) is 3.99. The molecule has 168 valence electrons. The third-order valence-electron chi connectivity index (χ3n) is 10.3. The lowest BCUT2D eigenvalue weighted by molar-refractivity contribution is -0.0987. The number of hydrogen-bond donors (Lipinski definition) is 2. The third kappa shape index (κ3) is 4.89. The highest BCUT2D eigenvalue weighted by atomic mass is 16.3. The smallest absolute Gasteiger partial charge is 0.0576 e. The molecule has 0 aromatic rings. The molecule has 4 saturated carbocycles. The fraction of sp³-hybridized carbons (Fsp3) is 1.00. The molecule has 2 nitrogen and oxygen atoms in total. The molecule has 6 atom stereocenters. The molecule has 0 aromatic heterocycles. The van der Waals surface area contributed by atoms with Gasteiger partial charge < -0.3 is 10.2 Å².